The summed E-state index contributed by atoms with van der Waals surface area (Å²) in [5, 5.41) is 9.88. The van der Waals surface area contributed by atoms with E-state index < -0.39 is 12.1 Å². The van der Waals surface area contributed by atoms with Crippen LogP contribution in [0.5, 0.6) is 5.75 Å². The topological polar surface area (TPSA) is 55.8 Å². The van der Waals surface area contributed by atoms with Gasteiger partial charge in [-0.25, -0.2) is 4.79 Å². The van der Waals surface area contributed by atoms with Crippen LogP contribution >= 0.6 is 0 Å². The zero-order valence-corrected chi connectivity index (χ0v) is 10.0. The second-order valence-corrected chi connectivity index (χ2v) is 4.10. The van der Waals surface area contributed by atoms with E-state index >= 15 is 0 Å². The van der Waals surface area contributed by atoms with Gasteiger partial charge in [-0.15, -0.1) is 0 Å². The molecule has 1 atom stereocenters. The molecule has 4 nitrogen and oxygen atoms in total. The van der Waals surface area contributed by atoms with E-state index in [2.05, 4.69) is 4.74 Å². The lowest BCUT2D eigenvalue weighted by atomic mass is 10.0. The lowest BCUT2D eigenvalue weighted by molar-refractivity contribution is -0.150. The van der Waals surface area contributed by atoms with Crippen LogP contribution < -0.4 is 4.74 Å². The zero-order valence-electron chi connectivity index (χ0n) is 10.0. The van der Waals surface area contributed by atoms with Crippen molar-refractivity contribution < 1.29 is 19.4 Å². The molecule has 0 spiro atoms. The Balaban J connectivity index is 2.44. The van der Waals surface area contributed by atoms with Crippen molar-refractivity contribution in [1.29, 1.82) is 0 Å². The fourth-order valence-electron chi connectivity index (χ4n) is 2.35. The molecule has 4 heteroatoms. The number of aliphatic hydroxyl groups excluding tert-OH is 1. The highest BCUT2D eigenvalue weighted by Crippen LogP contribution is 2.36. The highest BCUT2D eigenvalue weighted by Gasteiger charge is 2.26. The van der Waals surface area contributed by atoms with Gasteiger partial charge in [0, 0.05) is 5.56 Å². The summed E-state index contributed by atoms with van der Waals surface area (Å²) in [5.41, 5.74) is 2.83. The van der Waals surface area contributed by atoms with E-state index in [1.807, 2.05) is 6.07 Å². The molecule has 0 saturated carbocycles. The molecular weight excluding hydrogens is 220 g/mol. The smallest absolute Gasteiger partial charge is 0.339 e. The van der Waals surface area contributed by atoms with Crippen molar-refractivity contribution in [2.45, 2.75) is 25.4 Å². The summed E-state index contributed by atoms with van der Waals surface area (Å²) >= 11 is 0. The van der Waals surface area contributed by atoms with Crippen molar-refractivity contribution in [3.8, 4) is 5.75 Å². The maximum Gasteiger partial charge on any atom is 0.339 e. The molecule has 0 fully saturated rings. The lowest BCUT2D eigenvalue weighted by Gasteiger charge is -2.16. The predicted molar refractivity (Wildman–Crippen MR) is 62.0 cm³/mol. The Morgan fingerprint density at radius 2 is 2.12 bits per heavy atom. The Labute approximate surface area is 100 Å². The van der Waals surface area contributed by atoms with Gasteiger partial charge in [0.15, 0.2) is 6.10 Å². The molecule has 1 aliphatic rings. The van der Waals surface area contributed by atoms with Crippen molar-refractivity contribution in [3.63, 3.8) is 0 Å². The molecule has 17 heavy (non-hydrogen) atoms. The van der Waals surface area contributed by atoms with E-state index in [-0.39, 0.29) is 0 Å². The minimum Gasteiger partial charge on any atom is -0.496 e. The molecule has 1 aromatic rings. The fraction of sp³-hybridized carbons (Fsp3) is 0.462. The van der Waals surface area contributed by atoms with Crippen LogP contribution in [0.15, 0.2) is 12.1 Å². The highest BCUT2D eigenvalue weighted by atomic mass is 16.5. The van der Waals surface area contributed by atoms with Crippen molar-refractivity contribution in [3.05, 3.63) is 28.8 Å². The summed E-state index contributed by atoms with van der Waals surface area (Å²) in [5.74, 6) is -0.0425. The number of aliphatic hydroxyl groups is 1. The number of carbonyl (C=O) groups excluding carboxylic acids is 1. The van der Waals surface area contributed by atoms with Crippen molar-refractivity contribution in [1.82, 2.24) is 0 Å². The number of carbonyl (C=O) groups is 1. The van der Waals surface area contributed by atoms with Crippen molar-refractivity contribution >= 4 is 5.97 Å². The van der Waals surface area contributed by atoms with Gasteiger partial charge in [0.25, 0.3) is 0 Å². The van der Waals surface area contributed by atoms with Crippen LogP contribution in [-0.2, 0) is 22.4 Å². The molecule has 92 valence electrons. The summed E-state index contributed by atoms with van der Waals surface area (Å²) in [6.07, 6.45) is 1.77. The van der Waals surface area contributed by atoms with Gasteiger partial charge in [-0.05, 0) is 30.4 Å². The maximum atomic E-state index is 11.4. The van der Waals surface area contributed by atoms with Crippen LogP contribution in [0.4, 0.5) is 0 Å². The molecule has 1 N–H and O–H groups in total. The summed E-state index contributed by atoms with van der Waals surface area (Å²) in [6.45, 7) is 0. The highest BCUT2D eigenvalue weighted by molar-refractivity contribution is 5.77. The van der Waals surface area contributed by atoms with Crippen molar-refractivity contribution in [2.24, 2.45) is 0 Å². The number of aryl methyl sites for hydroxylation is 1. The third-order valence-electron chi connectivity index (χ3n) is 3.18. The molecular formula is C13H16O4. The first-order chi connectivity index (χ1) is 8.19. The fourth-order valence-corrected chi connectivity index (χ4v) is 2.35. The van der Waals surface area contributed by atoms with E-state index in [1.54, 1.807) is 13.2 Å². The van der Waals surface area contributed by atoms with Gasteiger partial charge in [0.2, 0.25) is 0 Å². The summed E-state index contributed by atoms with van der Waals surface area (Å²) in [4.78, 5) is 11.4. The van der Waals surface area contributed by atoms with Gasteiger partial charge >= 0.3 is 5.97 Å². The third-order valence-corrected chi connectivity index (χ3v) is 3.18. The van der Waals surface area contributed by atoms with E-state index in [0.717, 1.165) is 24.8 Å². The minimum absolute atomic E-state index is 0.486. The van der Waals surface area contributed by atoms with E-state index in [1.165, 1.54) is 12.7 Å². The van der Waals surface area contributed by atoms with Crippen LogP contribution in [0.25, 0.3) is 0 Å². The van der Waals surface area contributed by atoms with Gasteiger partial charge in [0.1, 0.15) is 5.75 Å². The number of ether oxygens (including phenoxy) is 2. The predicted octanol–water partition coefficient (Wildman–Crippen LogP) is 1.39. The first-order valence-corrected chi connectivity index (χ1v) is 5.63. The lowest BCUT2D eigenvalue weighted by Crippen LogP contribution is -2.15. The van der Waals surface area contributed by atoms with Crippen LogP contribution in [0.1, 0.15) is 29.2 Å². The average molecular weight is 236 g/mol. The largest absolute Gasteiger partial charge is 0.496 e. The number of rotatable bonds is 3. The normalized spacial score (nSPS) is 15.2. The van der Waals surface area contributed by atoms with Crippen molar-refractivity contribution in [2.75, 3.05) is 14.2 Å². The van der Waals surface area contributed by atoms with Gasteiger partial charge in [0.05, 0.1) is 14.2 Å². The first-order valence-electron chi connectivity index (χ1n) is 5.63. The second kappa shape index (κ2) is 4.75. The minimum atomic E-state index is -1.28. The van der Waals surface area contributed by atoms with Crippen LogP contribution in [0.3, 0.4) is 0 Å². The molecule has 1 aromatic carbocycles. The summed E-state index contributed by atoms with van der Waals surface area (Å²) in [7, 11) is 2.81. The molecule has 0 aliphatic heterocycles. The number of methoxy groups -OCH3 is 2. The Hall–Kier alpha value is -1.55. The Morgan fingerprint density at radius 1 is 1.35 bits per heavy atom. The molecule has 0 bridgehead atoms. The van der Waals surface area contributed by atoms with E-state index in [9.17, 15) is 9.90 Å². The van der Waals surface area contributed by atoms with E-state index in [4.69, 9.17) is 4.74 Å². The number of esters is 1. The van der Waals surface area contributed by atoms with Gasteiger partial charge in [-0.1, -0.05) is 12.1 Å². The second-order valence-electron chi connectivity index (χ2n) is 4.10. The van der Waals surface area contributed by atoms with Crippen LogP contribution in [0, 0.1) is 0 Å². The Bertz CT molecular complexity index is 439. The SMILES string of the molecule is COC(=O)C(O)c1ccc2c(c1OC)CCC2. The van der Waals surface area contributed by atoms with Crippen LogP contribution in [-0.4, -0.2) is 25.3 Å². The Morgan fingerprint density at radius 3 is 2.76 bits per heavy atom. The number of fused-ring (bicyclic) bond motifs is 1. The summed E-state index contributed by atoms with van der Waals surface area (Å²) in [6, 6.07) is 3.69. The zero-order chi connectivity index (χ0) is 12.4. The number of hydrogen-bond acceptors (Lipinski definition) is 4. The first kappa shape index (κ1) is 11.9. The number of benzene rings is 1. The average Bonchev–Trinajstić information content (AvgIpc) is 2.83. The molecule has 1 aliphatic carbocycles. The quantitative estimate of drug-likeness (QED) is 0.806. The Kier molecular flexibility index (Phi) is 3.33. The standard InChI is InChI=1S/C13H16O4/c1-16-12-9-5-3-4-8(9)6-7-10(12)11(14)13(15)17-2/h6-7,11,14H,3-5H2,1-2H3. The van der Waals surface area contributed by atoms with Gasteiger partial charge < -0.3 is 14.6 Å². The van der Waals surface area contributed by atoms with E-state index in [0.29, 0.717) is 11.3 Å². The molecule has 0 aromatic heterocycles. The van der Waals surface area contributed by atoms with Gasteiger partial charge in [-0.3, -0.25) is 0 Å². The van der Waals surface area contributed by atoms with Gasteiger partial charge in [-0.2, -0.15) is 0 Å². The molecule has 1 unspecified atom stereocenters. The molecule has 2 rings (SSSR count). The molecule has 0 amide bonds. The summed E-state index contributed by atoms with van der Waals surface area (Å²) < 4.78 is 9.88. The number of hydrogen-bond donors (Lipinski definition) is 1. The van der Waals surface area contributed by atoms with Crippen LogP contribution in [0.2, 0.25) is 0 Å². The third kappa shape index (κ3) is 2.00. The maximum absolute atomic E-state index is 11.4. The molecule has 0 radical (unpaired) electrons. The molecule has 0 heterocycles. The molecule has 0 saturated heterocycles. The monoisotopic (exact) mass is 236 g/mol.